The number of fused-ring (bicyclic) bond motifs is 1. The van der Waals surface area contributed by atoms with Crippen LogP contribution in [-0.2, 0) is 6.42 Å². The van der Waals surface area contributed by atoms with Gasteiger partial charge in [0.1, 0.15) is 12.1 Å². The van der Waals surface area contributed by atoms with E-state index in [0.29, 0.717) is 5.92 Å². The molecule has 2 heterocycles. The fraction of sp³-hybridized carbons (Fsp3) is 0.250. The van der Waals surface area contributed by atoms with Gasteiger partial charge < -0.3 is 0 Å². The topological polar surface area (TPSA) is 30.7 Å². The van der Waals surface area contributed by atoms with Crippen LogP contribution in [-0.4, -0.2) is 14.5 Å². The van der Waals surface area contributed by atoms with Gasteiger partial charge in [0.2, 0.25) is 0 Å². The summed E-state index contributed by atoms with van der Waals surface area (Å²) in [6, 6.07) is 12.3. The van der Waals surface area contributed by atoms with Crippen molar-refractivity contribution in [2.75, 3.05) is 0 Å². The first kappa shape index (κ1) is 11.9. The number of imidazole rings is 1. The monoisotopic (exact) mass is 251 g/mol. The highest BCUT2D eigenvalue weighted by atomic mass is 15.1. The number of rotatable bonds is 3. The smallest absolute Gasteiger partial charge is 0.138 e. The molecule has 3 rings (SSSR count). The summed E-state index contributed by atoms with van der Waals surface area (Å²) in [6.45, 7) is 4.46. The second kappa shape index (κ2) is 4.84. The Morgan fingerprint density at radius 3 is 2.79 bits per heavy atom. The molecule has 0 saturated carbocycles. The molecule has 0 unspecified atom stereocenters. The highest BCUT2D eigenvalue weighted by Crippen LogP contribution is 2.18. The number of pyridine rings is 1. The molecule has 1 aromatic carbocycles. The number of benzene rings is 1. The number of nitrogens with zero attached hydrogens (tertiary/aromatic N) is 3. The highest BCUT2D eigenvalue weighted by molar-refractivity contribution is 5.76. The third kappa shape index (κ3) is 2.36. The van der Waals surface area contributed by atoms with Crippen LogP contribution in [0.3, 0.4) is 0 Å². The van der Waals surface area contributed by atoms with Crippen molar-refractivity contribution in [2.45, 2.75) is 20.3 Å². The lowest BCUT2D eigenvalue weighted by Crippen LogP contribution is -1.99. The molecule has 0 spiro atoms. The van der Waals surface area contributed by atoms with Gasteiger partial charge in [-0.05, 0) is 42.2 Å². The molecule has 3 heteroatoms. The van der Waals surface area contributed by atoms with Gasteiger partial charge in [-0.2, -0.15) is 0 Å². The summed E-state index contributed by atoms with van der Waals surface area (Å²) in [6.07, 6.45) is 4.79. The average Bonchev–Trinajstić information content (AvgIpc) is 2.82. The van der Waals surface area contributed by atoms with Crippen molar-refractivity contribution < 1.29 is 0 Å². The van der Waals surface area contributed by atoms with E-state index in [1.807, 2.05) is 35.3 Å². The summed E-state index contributed by atoms with van der Waals surface area (Å²) in [7, 11) is 0. The molecule has 0 aliphatic carbocycles. The minimum atomic E-state index is 0.648. The SMILES string of the molecule is CC(C)Cc1ccnc(-n2cnc3ccccc32)c1. The lowest BCUT2D eigenvalue weighted by Gasteiger charge is -2.08. The van der Waals surface area contributed by atoms with Crippen LogP contribution in [0.5, 0.6) is 0 Å². The fourth-order valence-corrected chi connectivity index (χ4v) is 2.33. The summed E-state index contributed by atoms with van der Waals surface area (Å²) in [5.74, 6) is 1.58. The zero-order chi connectivity index (χ0) is 13.2. The van der Waals surface area contributed by atoms with Crippen molar-refractivity contribution in [1.29, 1.82) is 0 Å². The van der Waals surface area contributed by atoms with Crippen molar-refractivity contribution in [1.82, 2.24) is 14.5 Å². The van der Waals surface area contributed by atoms with E-state index in [0.717, 1.165) is 23.3 Å². The molecule has 96 valence electrons. The van der Waals surface area contributed by atoms with Crippen molar-refractivity contribution in [2.24, 2.45) is 5.92 Å². The zero-order valence-electron chi connectivity index (χ0n) is 11.2. The van der Waals surface area contributed by atoms with Crippen LogP contribution >= 0.6 is 0 Å². The van der Waals surface area contributed by atoms with E-state index in [4.69, 9.17) is 0 Å². The maximum atomic E-state index is 4.46. The van der Waals surface area contributed by atoms with E-state index >= 15 is 0 Å². The van der Waals surface area contributed by atoms with Gasteiger partial charge in [-0.1, -0.05) is 26.0 Å². The van der Waals surface area contributed by atoms with Crippen molar-refractivity contribution in [3.05, 3.63) is 54.5 Å². The maximum Gasteiger partial charge on any atom is 0.138 e. The quantitative estimate of drug-likeness (QED) is 0.711. The number of hydrogen-bond donors (Lipinski definition) is 0. The molecule has 0 aliphatic heterocycles. The first-order valence-corrected chi connectivity index (χ1v) is 6.61. The molecule has 0 aliphatic rings. The maximum absolute atomic E-state index is 4.46. The lowest BCUT2D eigenvalue weighted by molar-refractivity contribution is 0.646. The summed E-state index contributed by atoms with van der Waals surface area (Å²) < 4.78 is 2.04. The lowest BCUT2D eigenvalue weighted by atomic mass is 10.0. The van der Waals surface area contributed by atoms with Crippen molar-refractivity contribution >= 4 is 11.0 Å². The van der Waals surface area contributed by atoms with E-state index in [-0.39, 0.29) is 0 Å². The minimum Gasteiger partial charge on any atom is -0.283 e. The van der Waals surface area contributed by atoms with Crippen LogP contribution in [0.15, 0.2) is 48.9 Å². The van der Waals surface area contributed by atoms with E-state index in [9.17, 15) is 0 Å². The standard InChI is InChI=1S/C16H17N3/c1-12(2)9-13-7-8-17-16(10-13)19-11-18-14-5-3-4-6-15(14)19/h3-8,10-12H,9H2,1-2H3. The summed E-state index contributed by atoms with van der Waals surface area (Å²) >= 11 is 0. The van der Waals surface area contributed by atoms with Gasteiger partial charge in [-0.15, -0.1) is 0 Å². The molecule has 3 nitrogen and oxygen atoms in total. The van der Waals surface area contributed by atoms with E-state index < -0.39 is 0 Å². The third-order valence-corrected chi connectivity index (χ3v) is 3.15. The van der Waals surface area contributed by atoms with Crippen LogP contribution < -0.4 is 0 Å². The molecule has 0 amide bonds. The molecule has 0 radical (unpaired) electrons. The van der Waals surface area contributed by atoms with Gasteiger partial charge in [0.15, 0.2) is 0 Å². The molecule has 19 heavy (non-hydrogen) atoms. The number of hydrogen-bond acceptors (Lipinski definition) is 2. The predicted octanol–water partition coefficient (Wildman–Crippen LogP) is 3.62. The summed E-state index contributed by atoms with van der Waals surface area (Å²) in [4.78, 5) is 8.87. The van der Waals surface area contributed by atoms with E-state index in [1.54, 1.807) is 0 Å². The number of para-hydroxylation sites is 2. The first-order valence-electron chi connectivity index (χ1n) is 6.61. The molecule has 3 aromatic rings. The first-order chi connectivity index (χ1) is 9.24. The van der Waals surface area contributed by atoms with Gasteiger partial charge in [0.25, 0.3) is 0 Å². The summed E-state index contributed by atoms with van der Waals surface area (Å²) in [5, 5.41) is 0. The minimum absolute atomic E-state index is 0.648. The van der Waals surface area contributed by atoms with Crippen LogP contribution in [0.4, 0.5) is 0 Å². The van der Waals surface area contributed by atoms with Crippen LogP contribution in [0.2, 0.25) is 0 Å². The second-order valence-corrected chi connectivity index (χ2v) is 5.22. The van der Waals surface area contributed by atoms with E-state index in [2.05, 4.69) is 42.0 Å². The molecule has 0 fully saturated rings. The average molecular weight is 251 g/mol. The van der Waals surface area contributed by atoms with Gasteiger partial charge in [-0.25, -0.2) is 9.97 Å². The Balaban J connectivity index is 2.06. The molecule has 0 N–H and O–H groups in total. The van der Waals surface area contributed by atoms with Crippen molar-refractivity contribution in [3.8, 4) is 5.82 Å². The Hall–Kier alpha value is -2.16. The number of aromatic nitrogens is 3. The molecule has 0 saturated heterocycles. The molecular formula is C16H17N3. The summed E-state index contributed by atoms with van der Waals surface area (Å²) in [5.41, 5.74) is 3.41. The van der Waals surface area contributed by atoms with Crippen LogP contribution in [0.25, 0.3) is 16.9 Å². The van der Waals surface area contributed by atoms with Gasteiger partial charge >= 0.3 is 0 Å². The largest absolute Gasteiger partial charge is 0.283 e. The van der Waals surface area contributed by atoms with Gasteiger partial charge in [0, 0.05) is 6.20 Å². The van der Waals surface area contributed by atoms with Crippen LogP contribution in [0.1, 0.15) is 19.4 Å². The molecular weight excluding hydrogens is 234 g/mol. The molecule has 2 aromatic heterocycles. The van der Waals surface area contributed by atoms with E-state index in [1.165, 1.54) is 5.56 Å². The normalized spacial score (nSPS) is 11.3. The Bertz CT molecular complexity index is 698. The van der Waals surface area contributed by atoms with Crippen molar-refractivity contribution in [3.63, 3.8) is 0 Å². The molecule has 0 atom stereocenters. The van der Waals surface area contributed by atoms with Gasteiger partial charge in [-0.3, -0.25) is 4.57 Å². The van der Waals surface area contributed by atoms with Gasteiger partial charge in [0.05, 0.1) is 11.0 Å². The Labute approximate surface area is 112 Å². The Morgan fingerprint density at radius 2 is 1.95 bits per heavy atom. The fourth-order valence-electron chi connectivity index (χ4n) is 2.33. The third-order valence-electron chi connectivity index (χ3n) is 3.15. The second-order valence-electron chi connectivity index (χ2n) is 5.22. The Morgan fingerprint density at radius 1 is 1.11 bits per heavy atom. The van der Waals surface area contributed by atoms with Crippen LogP contribution in [0, 0.1) is 5.92 Å². The zero-order valence-corrected chi connectivity index (χ0v) is 11.2. The predicted molar refractivity (Wildman–Crippen MR) is 77.4 cm³/mol. The molecule has 0 bridgehead atoms. The highest BCUT2D eigenvalue weighted by Gasteiger charge is 2.06. The Kier molecular flexibility index (Phi) is 3.03.